The fourth-order valence-corrected chi connectivity index (χ4v) is 1.54. The van der Waals surface area contributed by atoms with Gasteiger partial charge in [-0.3, -0.25) is 4.68 Å². The largest absolute Gasteiger partial charge is 0.382 e. The number of aliphatic hydroxyl groups is 1. The van der Waals surface area contributed by atoms with Crippen molar-refractivity contribution < 1.29 is 5.11 Å². The highest BCUT2D eigenvalue weighted by atomic mass is 16.3. The van der Waals surface area contributed by atoms with Crippen LogP contribution in [0.2, 0.25) is 0 Å². The van der Waals surface area contributed by atoms with Crippen LogP contribution in [-0.4, -0.2) is 19.9 Å². The molecule has 0 aliphatic rings. The quantitative estimate of drug-likeness (QED) is 0.809. The molecule has 86 valence electrons. The molecule has 0 saturated carbocycles. The second-order valence-electron chi connectivity index (χ2n) is 4.42. The Kier molecular flexibility index (Phi) is 3.85. The molecule has 0 saturated heterocycles. The van der Waals surface area contributed by atoms with Gasteiger partial charge >= 0.3 is 0 Å². The van der Waals surface area contributed by atoms with Crippen LogP contribution in [0.5, 0.6) is 0 Å². The predicted octanol–water partition coefficient (Wildman–Crippen LogP) is 1.94. The Balaban J connectivity index is 2.83. The van der Waals surface area contributed by atoms with Crippen molar-refractivity contribution in [3.8, 4) is 0 Å². The third-order valence-corrected chi connectivity index (χ3v) is 2.67. The molecule has 4 heteroatoms. The summed E-state index contributed by atoms with van der Waals surface area (Å²) in [7, 11) is 0. The van der Waals surface area contributed by atoms with E-state index in [4.69, 9.17) is 0 Å². The molecule has 0 unspecified atom stereocenters. The molecule has 0 radical (unpaired) electrons. The third kappa shape index (κ3) is 2.78. The lowest BCUT2D eigenvalue weighted by Crippen LogP contribution is -2.25. The molecule has 0 amide bonds. The summed E-state index contributed by atoms with van der Waals surface area (Å²) >= 11 is 0. The van der Waals surface area contributed by atoms with E-state index in [2.05, 4.69) is 23.9 Å². The first-order valence-corrected chi connectivity index (χ1v) is 5.64. The minimum absolute atomic E-state index is 0.538. The van der Waals surface area contributed by atoms with E-state index in [-0.39, 0.29) is 0 Å². The van der Waals surface area contributed by atoms with E-state index in [0.717, 1.165) is 6.54 Å². The molecule has 15 heavy (non-hydrogen) atoms. The first-order chi connectivity index (χ1) is 7.01. The molecule has 4 nitrogen and oxygen atoms in total. The summed E-state index contributed by atoms with van der Waals surface area (Å²) in [5.74, 6) is 1.09. The Morgan fingerprint density at radius 3 is 2.47 bits per heavy atom. The smallest absolute Gasteiger partial charge is 0.182 e. The first-order valence-electron chi connectivity index (χ1n) is 5.64. The normalized spacial score (nSPS) is 12.4. The summed E-state index contributed by atoms with van der Waals surface area (Å²) in [4.78, 5) is 4.18. The van der Waals surface area contributed by atoms with Crippen molar-refractivity contribution in [3.05, 3.63) is 12.2 Å². The molecule has 1 aromatic rings. The van der Waals surface area contributed by atoms with Gasteiger partial charge in [0, 0.05) is 6.54 Å². The summed E-state index contributed by atoms with van der Waals surface area (Å²) < 4.78 is 1.80. The molecule has 0 spiro atoms. The van der Waals surface area contributed by atoms with Crippen molar-refractivity contribution >= 4 is 0 Å². The van der Waals surface area contributed by atoms with Crippen LogP contribution in [0, 0.1) is 5.92 Å². The zero-order chi connectivity index (χ0) is 11.5. The molecule has 0 atom stereocenters. The number of aromatic nitrogens is 3. The number of hydrogen-bond acceptors (Lipinski definition) is 3. The van der Waals surface area contributed by atoms with Gasteiger partial charge in [0.15, 0.2) is 5.82 Å². The highest BCUT2D eigenvalue weighted by Crippen LogP contribution is 2.24. The number of hydrogen-bond donors (Lipinski definition) is 1. The fourth-order valence-electron chi connectivity index (χ4n) is 1.54. The highest BCUT2D eigenvalue weighted by Gasteiger charge is 2.29. The van der Waals surface area contributed by atoms with Crippen LogP contribution in [0.3, 0.4) is 0 Å². The van der Waals surface area contributed by atoms with E-state index < -0.39 is 5.60 Å². The molecule has 0 aliphatic carbocycles. The number of nitrogens with zero attached hydrogens (tertiary/aromatic N) is 3. The van der Waals surface area contributed by atoms with E-state index in [1.807, 2.05) is 13.8 Å². The van der Waals surface area contributed by atoms with E-state index in [0.29, 0.717) is 24.6 Å². The molecular formula is C11H21N3O. The van der Waals surface area contributed by atoms with Crippen LogP contribution in [0.15, 0.2) is 6.33 Å². The van der Waals surface area contributed by atoms with Gasteiger partial charge in [-0.15, -0.1) is 0 Å². The third-order valence-electron chi connectivity index (χ3n) is 2.67. The molecule has 0 aromatic carbocycles. The molecule has 1 heterocycles. The van der Waals surface area contributed by atoms with Crippen LogP contribution in [0.4, 0.5) is 0 Å². The Morgan fingerprint density at radius 2 is 2.00 bits per heavy atom. The van der Waals surface area contributed by atoms with Crippen molar-refractivity contribution in [1.29, 1.82) is 0 Å². The summed E-state index contributed by atoms with van der Waals surface area (Å²) in [5, 5.41) is 14.5. The van der Waals surface area contributed by atoms with Crippen molar-refractivity contribution in [2.24, 2.45) is 5.92 Å². The Labute approximate surface area is 91.3 Å². The van der Waals surface area contributed by atoms with Gasteiger partial charge in [0.25, 0.3) is 0 Å². The van der Waals surface area contributed by atoms with Gasteiger partial charge in [0.05, 0.1) is 0 Å². The maximum Gasteiger partial charge on any atom is 0.182 e. The Morgan fingerprint density at radius 1 is 1.40 bits per heavy atom. The van der Waals surface area contributed by atoms with Gasteiger partial charge in [0.1, 0.15) is 11.9 Å². The van der Waals surface area contributed by atoms with E-state index in [1.54, 1.807) is 11.0 Å². The molecule has 0 aliphatic heterocycles. The lowest BCUT2D eigenvalue weighted by atomic mass is 9.97. The van der Waals surface area contributed by atoms with Crippen LogP contribution in [0.25, 0.3) is 0 Å². The molecule has 1 N–H and O–H groups in total. The van der Waals surface area contributed by atoms with Crippen molar-refractivity contribution in [2.75, 3.05) is 0 Å². The number of rotatable bonds is 5. The lowest BCUT2D eigenvalue weighted by Gasteiger charge is -2.20. The minimum atomic E-state index is -0.859. The average Bonchev–Trinajstić information content (AvgIpc) is 2.64. The second-order valence-corrected chi connectivity index (χ2v) is 4.42. The summed E-state index contributed by atoms with van der Waals surface area (Å²) in [6.45, 7) is 9.01. The van der Waals surface area contributed by atoms with Gasteiger partial charge in [-0.2, -0.15) is 5.10 Å². The van der Waals surface area contributed by atoms with Crippen LogP contribution < -0.4 is 0 Å². The van der Waals surface area contributed by atoms with Gasteiger partial charge in [-0.25, -0.2) is 4.98 Å². The van der Waals surface area contributed by atoms with Gasteiger partial charge in [0.2, 0.25) is 0 Å². The van der Waals surface area contributed by atoms with Crippen molar-refractivity contribution in [1.82, 2.24) is 14.8 Å². The topological polar surface area (TPSA) is 50.9 Å². The van der Waals surface area contributed by atoms with E-state index in [1.165, 1.54) is 0 Å². The van der Waals surface area contributed by atoms with Crippen LogP contribution in [0.1, 0.15) is 46.4 Å². The standard InChI is InChI=1S/C11H21N3O/c1-5-11(15,6-2)10-12-8-14(13-10)7-9(3)4/h8-9,15H,5-7H2,1-4H3. The maximum absolute atomic E-state index is 10.2. The highest BCUT2D eigenvalue weighted by molar-refractivity contribution is 4.98. The van der Waals surface area contributed by atoms with Crippen LogP contribution in [-0.2, 0) is 12.1 Å². The molecule has 1 rings (SSSR count). The molecular weight excluding hydrogens is 190 g/mol. The second kappa shape index (κ2) is 4.75. The lowest BCUT2D eigenvalue weighted by molar-refractivity contribution is 0.0191. The fraction of sp³-hybridized carbons (Fsp3) is 0.818. The summed E-state index contributed by atoms with van der Waals surface area (Å²) in [6, 6.07) is 0. The molecule has 1 aromatic heterocycles. The molecule has 0 fully saturated rings. The van der Waals surface area contributed by atoms with Crippen LogP contribution >= 0.6 is 0 Å². The van der Waals surface area contributed by atoms with Gasteiger partial charge in [-0.05, 0) is 18.8 Å². The Hall–Kier alpha value is -0.900. The zero-order valence-corrected chi connectivity index (χ0v) is 10.1. The summed E-state index contributed by atoms with van der Waals surface area (Å²) in [5.41, 5.74) is -0.859. The SMILES string of the molecule is CCC(O)(CC)c1ncn(CC(C)C)n1. The Bertz CT molecular complexity index is 303. The van der Waals surface area contributed by atoms with Gasteiger partial charge < -0.3 is 5.11 Å². The monoisotopic (exact) mass is 211 g/mol. The van der Waals surface area contributed by atoms with Crippen molar-refractivity contribution in [3.63, 3.8) is 0 Å². The maximum atomic E-state index is 10.2. The average molecular weight is 211 g/mol. The van der Waals surface area contributed by atoms with E-state index >= 15 is 0 Å². The molecule has 0 bridgehead atoms. The van der Waals surface area contributed by atoms with E-state index in [9.17, 15) is 5.11 Å². The minimum Gasteiger partial charge on any atom is -0.382 e. The van der Waals surface area contributed by atoms with Crippen molar-refractivity contribution in [2.45, 2.75) is 52.7 Å². The van der Waals surface area contributed by atoms with Gasteiger partial charge in [-0.1, -0.05) is 27.7 Å². The predicted molar refractivity (Wildman–Crippen MR) is 59.3 cm³/mol. The first kappa shape index (κ1) is 12.2. The zero-order valence-electron chi connectivity index (χ0n) is 10.1. The summed E-state index contributed by atoms with van der Waals surface area (Å²) in [6.07, 6.45) is 3.00.